The molecule has 10 nitrogen and oxygen atoms in total. The van der Waals surface area contributed by atoms with Crippen molar-refractivity contribution >= 4 is 11.7 Å². The number of aryl methyl sites for hydroxylation is 1. The Kier molecular flexibility index (Phi) is 7.52. The van der Waals surface area contributed by atoms with Gasteiger partial charge in [-0.05, 0) is 70.3 Å². The van der Waals surface area contributed by atoms with Gasteiger partial charge < -0.3 is 14.5 Å². The first-order chi connectivity index (χ1) is 23.0. The molecule has 0 radical (unpaired) electrons. The number of alkyl halides is 1. The zero-order valence-corrected chi connectivity index (χ0v) is 28.2. The summed E-state index contributed by atoms with van der Waals surface area (Å²) in [6.45, 7) is 5.81. The van der Waals surface area contributed by atoms with Gasteiger partial charge >= 0.3 is 6.01 Å². The summed E-state index contributed by atoms with van der Waals surface area (Å²) in [5, 5.41) is 4.70. The van der Waals surface area contributed by atoms with E-state index in [4.69, 9.17) is 19.8 Å². The highest BCUT2D eigenvalue weighted by molar-refractivity contribution is 5.93. The van der Waals surface area contributed by atoms with Crippen LogP contribution in [-0.2, 0) is 38.0 Å². The Morgan fingerprint density at radius 2 is 1.88 bits per heavy atom. The highest BCUT2D eigenvalue weighted by Gasteiger charge is 2.51. The molecule has 1 amide bonds. The first kappa shape index (κ1) is 31.6. The molecule has 6 heterocycles. The number of rotatable bonds is 5. The van der Waals surface area contributed by atoms with Gasteiger partial charge in [0.15, 0.2) is 5.69 Å². The number of fused-ring (bicyclic) bond motifs is 5. The molecule has 0 unspecified atom stereocenters. The molecule has 1 aromatic carbocycles. The Bertz CT molecular complexity index is 1800. The van der Waals surface area contributed by atoms with Gasteiger partial charge in [-0.15, -0.1) is 0 Å². The number of hydrogen-bond acceptors (Lipinski definition) is 8. The van der Waals surface area contributed by atoms with E-state index in [0.29, 0.717) is 81.8 Å². The monoisotopic (exact) mass is 664 g/mol. The molecule has 1 aliphatic carbocycles. The third-order valence-corrected chi connectivity index (χ3v) is 11.7. The minimum Gasteiger partial charge on any atom is -0.461 e. The van der Waals surface area contributed by atoms with Crippen LogP contribution in [0.1, 0.15) is 76.2 Å². The summed E-state index contributed by atoms with van der Waals surface area (Å²) in [6, 6.07) is 2.67. The molecule has 0 bridgehead atoms. The lowest BCUT2D eigenvalue weighted by Crippen LogP contribution is -2.48. The van der Waals surface area contributed by atoms with Crippen molar-refractivity contribution in [2.45, 2.75) is 88.8 Å². The fourth-order valence-electron chi connectivity index (χ4n) is 9.17. The molecule has 256 valence electrons. The number of likely N-dealkylation sites (N-methyl/N-ethyl adjacent to an activating group) is 1. The second-order valence-electron chi connectivity index (χ2n) is 14.7. The van der Waals surface area contributed by atoms with Gasteiger partial charge in [0, 0.05) is 69.8 Å². The van der Waals surface area contributed by atoms with E-state index in [1.54, 1.807) is 19.0 Å². The lowest BCUT2D eigenvalue weighted by atomic mass is 9.80. The number of halogens is 3. The third-order valence-electron chi connectivity index (χ3n) is 11.7. The van der Waals surface area contributed by atoms with Crippen molar-refractivity contribution in [3.63, 3.8) is 0 Å². The van der Waals surface area contributed by atoms with Crippen molar-refractivity contribution in [2.75, 3.05) is 52.3 Å². The van der Waals surface area contributed by atoms with Gasteiger partial charge in [-0.1, -0.05) is 0 Å². The molecule has 48 heavy (non-hydrogen) atoms. The molecular weight excluding hydrogens is 621 g/mol. The van der Waals surface area contributed by atoms with Crippen LogP contribution in [0.15, 0.2) is 12.1 Å². The Balaban J connectivity index is 1.20. The fraction of sp³-hybridized carbons (Fsp3) is 0.600. The molecule has 5 aliphatic rings. The van der Waals surface area contributed by atoms with E-state index < -0.39 is 17.5 Å². The Labute approximate surface area is 278 Å². The molecule has 0 saturated carbocycles. The number of ether oxygens (including phenoxy) is 1. The number of anilines is 1. The fourth-order valence-corrected chi connectivity index (χ4v) is 9.17. The standard InChI is InChI=1S/C35H43F3N8O2/c1-21-28-19-44(12-6-14-46(28)41-30(21)32(47)42(2)3)31-24-18-43(4)35(11-9-23-25(37)7-8-26(38)29(23)35)16-27(24)39-33(40-31)48-20-34-10-5-13-45(34)17-22(36)15-34/h7-8,22H,5-6,9-20H2,1-4H3/t22-,34+,35+/m1/s1. The van der Waals surface area contributed by atoms with Crippen molar-refractivity contribution in [2.24, 2.45) is 0 Å². The number of hydrogen-bond donors (Lipinski definition) is 0. The van der Waals surface area contributed by atoms with Crippen molar-refractivity contribution < 1.29 is 22.7 Å². The molecule has 3 aromatic rings. The van der Waals surface area contributed by atoms with Crippen LogP contribution in [-0.4, -0.2) is 99.5 Å². The maximum Gasteiger partial charge on any atom is 0.318 e. The molecule has 2 aromatic heterocycles. The van der Waals surface area contributed by atoms with E-state index in [9.17, 15) is 13.6 Å². The first-order valence-corrected chi connectivity index (χ1v) is 17.1. The van der Waals surface area contributed by atoms with E-state index in [-0.39, 0.29) is 23.3 Å². The highest BCUT2D eigenvalue weighted by atomic mass is 19.1. The maximum absolute atomic E-state index is 15.6. The van der Waals surface area contributed by atoms with Gasteiger partial charge in [0.1, 0.15) is 30.2 Å². The Morgan fingerprint density at radius 1 is 1.06 bits per heavy atom. The van der Waals surface area contributed by atoms with E-state index in [1.165, 1.54) is 12.1 Å². The van der Waals surface area contributed by atoms with Gasteiger partial charge in [-0.25, -0.2) is 13.2 Å². The van der Waals surface area contributed by atoms with E-state index in [2.05, 4.69) is 14.7 Å². The average Bonchev–Trinajstić information content (AvgIpc) is 3.75. The van der Waals surface area contributed by atoms with Crippen LogP contribution in [0.3, 0.4) is 0 Å². The Hall–Kier alpha value is -3.71. The zero-order chi connectivity index (χ0) is 33.5. The van der Waals surface area contributed by atoms with Gasteiger partial charge in [-0.2, -0.15) is 15.1 Å². The molecule has 4 aliphatic heterocycles. The summed E-state index contributed by atoms with van der Waals surface area (Å²) in [5.74, 6) is -0.168. The van der Waals surface area contributed by atoms with E-state index >= 15 is 4.39 Å². The second-order valence-corrected chi connectivity index (χ2v) is 14.7. The van der Waals surface area contributed by atoms with Crippen LogP contribution >= 0.6 is 0 Å². The number of aromatic nitrogens is 4. The van der Waals surface area contributed by atoms with Crippen molar-refractivity contribution in [1.82, 2.24) is 34.4 Å². The summed E-state index contributed by atoms with van der Waals surface area (Å²) >= 11 is 0. The molecule has 3 atom stereocenters. The number of amides is 1. The highest BCUT2D eigenvalue weighted by Crippen LogP contribution is 2.50. The maximum atomic E-state index is 15.6. The SMILES string of the molecule is Cc1c(C(=O)N(C)C)nn2c1CN(c1nc(OC[C@@]34CCCN3C[C@H](F)C4)nc3c1CN(C)[C@@]1(CCc4c(F)ccc(F)c41)C3)CCC2. The zero-order valence-electron chi connectivity index (χ0n) is 28.2. The van der Waals surface area contributed by atoms with Crippen molar-refractivity contribution in [1.29, 1.82) is 0 Å². The van der Waals surface area contributed by atoms with Gasteiger partial charge in [0.05, 0.1) is 29.0 Å². The molecule has 2 fully saturated rings. The Morgan fingerprint density at radius 3 is 2.69 bits per heavy atom. The minimum absolute atomic E-state index is 0.134. The largest absolute Gasteiger partial charge is 0.461 e. The molecular formula is C35H43F3N8O2. The smallest absolute Gasteiger partial charge is 0.318 e. The molecule has 2 saturated heterocycles. The van der Waals surface area contributed by atoms with Crippen molar-refractivity contribution in [3.05, 3.63) is 63.1 Å². The summed E-state index contributed by atoms with van der Waals surface area (Å²) in [5.41, 5.74) is 3.69. The van der Waals surface area contributed by atoms with Gasteiger partial charge in [0.25, 0.3) is 5.91 Å². The van der Waals surface area contributed by atoms with Crippen LogP contribution in [0.2, 0.25) is 0 Å². The van der Waals surface area contributed by atoms with E-state index in [1.807, 2.05) is 18.7 Å². The number of benzene rings is 1. The average molecular weight is 665 g/mol. The number of nitrogens with zero attached hydrogens (tertiary/aromatic N) is 8. The predicted molar refractivity (Wildman–Crippen MR) is 173 cm³/mol. The van der Waals surface area contributed by atoms with Crippen LogP contribution in [0, 0.1) is 18.6 Å². The van der Waals surface area contributed by atoms with Crippen LogP contribution in [0.25, 0.3) is 0 Å². The molecule has 0 N–H and O–H groups in total. The molecule has 13 heteroatoms. The molecule has 1 spiro atoms. The summed E-state index contributed by atoms with van der Waals surface area (Å²) in [6.07, 6.45) is 3.62. The predicted octanol–water partition coefficient (Wildman–Crippen LogP) is 4.16. The van der Waals surface area contributed by atoms with Crippen molar-refractivity contribution in [3.8, 4) is 6.01 Å². The minimum atomic E-state index is -0.878. The molecule has 8 rings (SSSR count). The lowest BCUT2D eigenvalue weighted by molar-refractivity contribution is 0.0820. The number of carbonyl (C=O) groups excluding carboxylic acids is 1. The summed E-state index contributed by atoms with van der Waals surface area (Å²) < 4.78 is 53.5. The van der Waals surface area contributed by atoms with E-state index in [0.717, 1.165) is 54.1 Å². The normalized spacial score (nSPS) is 26.7. The number of carbonyl (C=O) groups is 1. The van der Waals surface area contributed by atoms with Crippen LogP contribution in [0.5, 0.6) is 6.01 Å². The van der Waals surface area contributed by atoms with Crippen LogP contribution < -0.4 is 9.64 Å². The summed E-state index contributed by atoms with van der Waals surface area (Å²) in [4.78, 5) is 31.1. The summed E-state index contributed by atoms with van der Waals surface area (Å²) in [7, 11) is 5.42. The second kappa shape index (κ2) is 11.4. The van der Waals surface area contributed by atoms with Crippen LogP contribution in [0.4, 0.5) is 19.0 Å². The topological polar surface area (TPSA) is 82.9 Å². The quantitative estimate of drug-likeness (QED) is 0.403. The van der Waals surface area contributed by atoms with Gasteiger partial charge in [0.2, 0.25) is 0 Å². The third kappa shape index (κ3) is 4.82. The van der Waals surface area contributed by atoms with Gasteiger partial charge in [-0.3, -0.25) is 19.3 Å². The first-order valence-electron chi connectivity index (χ1n) is 17.1. The lowest BCUT2D eigenvalue weighted by Gasteiger charge is -2.44.